The van der Waals surface area contributed by atoms with E-state index >= 15 is 0 Å². The fourth-order valence-electron chi connectivity index (χ4n) is 4.00. The molecular formula is C25H28N4O3. The van der Waals surface area contributed by atoms with Gasteiger partial charge in [0.25, 0.3) is 5.91 Å². The van der Waals surface area contributed by atoms with Gasteiger partial charge in [0, 0.05) is 37.3 Å². The summed E-state index contributed by atoms with van der Waals surface area (Å²) in [4.78, 5) is 27.4. The zero-order valence-corrected chi connectivity index (χ0v) is 18.5. The third kappa shape index (κ3) is 4.99. The number of methoxy groups -OCH3 is 1. The van der Waals surface area contributed by atoms with E-state index in [0.717, 1.165) is 33.7 Å². The number of aryl methyl sites for hydroxylation is 1. The Labute approximate surface area is 187 Å². The van der Waals surface area contributed by atoms with E-state index in [0.29, 0.717) is 44.6 Å². The molecule has 1 aliphatic rings. The number of nitrogens with one attached hydrogen (secondary N) is 2. The second-order valence-corrected chi connectivity index (χ2v) is 8.11. The average Bonchev–Trinajstić information content (AvgIpc) is 3.23. The van der Waals surface area contributed by atoms with Gasteiger partial charge in [0.1, 0.15) is 5.75 Å². The molecule has 0 aliphatic carbocycles. The fourth-order valence-corrected chi connectivity index (χ4v) is 4.00. The van der Waals surface area contributed by atoms with Crippen molar-refractivity contribution in [3.8, 4) is 5.75 Å². The van der Waals surface area contributed by atoms with Crippen molar-refractivity contribution in [2.24, 2.45) is 0 Å². The molecule has 4 rings (SSSR count). The van der Waals surface area contributed by atoms with Gasteiger partial charge in [-0.1, -0.05) is 42.0 Å². The number of hydrogen-bond donors (Lipinski definition) is 2. The van der Waals surface area contributed by atoms with Gasteiger partial charge < -0.3 is 15.0 Å². The molecule has 0 bridgehead atoms. The molecule has 7 nitrogen and oxygen atoms in total. The Balaban J connectivity index is 1.35. The lowest BCUT2D eigenvalue weighted by Gasteiger charge is -2.27. The van der Waals surface area contributed by atoms with Crippen LogP contribution < -0.4 is 10.1 Å². The van der Waals surface area contributed by atoms with Crippen LogP contribution in [0.3, 0.4) is 0 Å². The Morgan fingerprint density at radius 3 is 2.72 bits per heavy atom. The molecule has 7 heteroatoms. The van der Waals surface area contributed by atoms with Gasteiger partial charge in [0.15, 0.2) is 5.69 Å². The van der Waals surface area contributed by atoms with Crippen LogP contribution in [0.5, 0.6) is 5.75 Å². The lowest BCUT2D eigenvalue weighted by molar-refractivity contribution is -0.131. The number of aromatic amines is 1. The summed E-state index contributed by atoms with van der Waals surface area (Å²) in [5.41, 5.74) is 5.38. The summed E-state index contributed by atoms with van der Waals surface area (Å²) in [6.07, 6.45) is 1.74. The highest BCUT2D eigenvalue weighted by Crippen LogP contribution is 2.21. The molecule has 0 atom stereocenters. The number of amides is 2. The number of carbonyl (C=O) groups is 2. The van der Waals surface area contributed by atoms with Crippen molar-refractivity contribution in [1.29, 1.82) is 0 Å². The Hall–Kier alpha value is -3.61. The fraction of sp³-hybridized carbons (Fsp3) is 0.320. The predicted octanol–water partition coefficient (Wildman–Crippen LogP) is 2.83. The van der Waals surface area contributed by atoms with Crippen LogP contribution in [0.2, 0.25) is 0 Å². The molecular weight excluding hydrogens is 404 g/mol. The van der Waals surface area contributed by atoms with Gasteiger partial charge >= 0.3 is 0 Å². The van der Waals surface area contributed by atoms with Crippen LogP contribution in [0, 0.1) is 6.92 Å². The Morgan fingerprint density at radius 1 is 1.16 bits per heavy atom. The molecule has 1 aliphatic heterocycles. The van der Waals surface area contributed by atoms with Crippen molar-refractivity contribution in [2.45, 2.75) is 32.7 Å². The minimum atomic E-state index is -0.219. The number of aromatic nitrogens is 2. The summed E-state index contributed by atoms with van der Waals surface area (Å²) in [5, 5.41) is 10.2. The molecule has 0 radical (unpaired) electrons. The summed E-state index contributed by atoms with van der Waals surface area (Å²) in [5.74, 6) is 0.653. The van der Waals surface area contributed by atoms with E-state index < -0.39 is 0 Å². The first-order chi connectivity index (χ1) is 15.5. The van der Waals surface area contributed by atoms with Gasteiger partial charge in [0.05, 0.1) is 13.5 Å². The summed E-state index contributed by atoms with van der Waals surface area (Å²) >= 11 is 0. The monoisotopic (exact) mass is 432 g/mol. The van der Waals surface area contributed by atoms with Crippen molar-refractivity contribution >= 4 is 11.8 Å². The first kappa shape index (κ1) is 21.6. The standard InChI is InChI=1S/C25H28N4O3/c1-17-4-3-5-19(14-17)15-23(30)29-13-11-22-21(16-29)24(28-27-22)25(31)26-12-10-18-6-8-20(32-2)9-7-18/h3-9,14H,10-13,15-16H2,1-2H3,(H,26,31)(H,27,28). The van der Waals surface area contributed by atoms with E-state index in [1.807, 2.05) is 60.4 Å². The summed E-state index contributed by atoms with van der Waals surface area (Å²) < 4.78 is 5.17. The molecule has 2 aromatic carbocycles. The van der Waals surface area contributed by atoms with Gasteiger partial charge in [0.2, 0.25) is 5.91 Å². The van der Waals surface area contributed by atoms with Gasteiger partial charge in [-0.05, 0) is 36.6 Å². The van der Waals surface area contributed by atoms with Crippen LogP contribution in [0.4, 0.5) is 0 Å². The van der Waals surface area contributed by atoms with Crippen LogP contribution in [-0.2, 0) is 30.6 Å². The van der Waals surface area contributed by atoms with Gasteiger partial charge in [-0.3, -0.25) is 14.7 Å². The van der Waals surface area contributed by atoms with Crippen LogP contribution in [0.1, 0.15) is 38.4 Å². The van der Waals surface area contributed by atoms with Crippen LogP contribution in [-0.4, -0.2) is 47.1 Å². The molecule has 1 aromatic heterocycles. The van der Waals surface area contributed by atoms with Crippen molar-refractivity contribution in [3.05, 3.63) is 82.2 Å². The Morgan fingerprint density at radius 2 is 1.97 bits per heavy atom. The van der Waals surface area contributed by atoms with E-state index in [1.165, 1.54) is 0 Å². The van der Waals surface area contributed by atoms with Crippen LogP contribution in [0.25, 0.3) is 0 Å². The largest absolute Gasteiger partial charge is 0.497 e. The number of ether oxygens (including phenoxy) is 1. The first-order valence-electron chi connectivity index (χ1n) is 10.8. The highest BCUT2D eigenvalue weighted by atomic mass is 16.5. The van der Waals surface area contributed by atoms with E-state index in [9.17, 15) is 9.59 Å². The minimum Gasteiger partial charge on any atom is -0.497 e. The Bertz CT molecular complexity index is 1100. The molecule has 0 saturated heterocycles. The van der Waals surface area contributed by atoms with Crippen molar-refractivity contribution in [1.82, 2.24) is 20.4 Å². The quantitative estimate of drug-likeness (QED) is 0.601. The van der Waals surface area contributed by atoms with Crippen molar-refractivity contribution in [2.75, 3.05) is 20.2 Å². The van der Waals surface area contributed by atoms with Crippen molar-refractivity contribution in [3.63, 3.8) is 0 Å². The zero-order chi connectivity index (χ0) is 22.5. The molecule has 3 aromatic rings. The van der Waals surface area contributed by atoms with E-state index in [4.69, 9.17) is 4.74 Å². The van der Waals surface area contributed by atoms with E-state index in [1.54, 1.807) is 7.11 Å². The van der Waals surface area contributed by atoms with Gasteiger partial charge in [-0.25, -0.2) is 0 Å². The zero-order valence-electron chi connectivity index (χ0n) is 18.5. The highest BCUT2D eigenvalue weighted by Gasteiger charge is 2.27. The Kier molecular flexibility index (Phi) is 6.54. The number of hydrogen-bond acceptors (Lipinski definition) is 4. The summed E-state index contributed by atoms with van der Waals surface area (Å²) in [6, 6.07) is 15.8. The normalized spacial score (nSPS) is 12.9. The maximum Gasteiger partial charge on any atom is 0.272 e. The van der Waals surface area contributed by atoms with Crippen LogP contribution >= 0.6 is 0 Å². The number of rotatable bonds is 7. The summed E-state index contributed by atoms with van der Waals surface area (Å²) in [6.45, 7) is 3.55. The number of carbonyl (C=O) groups excluding carboxylic acids is 2. The van der Waals surface area contributed by atoms with Gasteiger partial charge in [-0.15, -0.1) is 0 Å². The number of nitrogens with zero attached hydrogens (tertiary/aromatic N) is 2. The van der Waals surface area contributed by atoms with Gasteiger partial charge in [-0.2, -0.15) is 5.10 Å². The molecule has 0 spiro atoms. The number of H-pyrrole nitrogens is 1. The smallest absolute Gasteiger partial charge is 0.272 e. The summed E-state index contributed by atoms with van der Waals surface area (Å²) in [7, 11) is 1.64. The SMILES string of the molecule is COc1ccc(CCNC(=O)c2n[nH]c3c2CN(C(=O)Cc2cccc(C)c2)CC3)cc1. The molecule has 2 amide bonds. The predicted molar refractivity (Wildman–Crippen MR) is 122 cm³/mol. The molecule has 32 heavy (non-hydrogen) atoms. The topological polar surface area (TPSA) is 87.3 Å². The number of fused-ring (bicyclic) bond motifs is 1. The average molecular weight is 433 g/mol. The molecule has 0 unspecified atom stereocenters. The number of benzene rings is 2. The molecule has 2 N–H and O–H groups in total. The molecule has 166 valence electrons. The minimum absolute atomic E-state index is 0.0633. The van der Waals surface area contributed by atoms with Crippen LogP contribution in [0.15, 0.2) is 48.5 Å². The highest BCUT2D eigenvalue weighted by molar-refractivity contribution is 5.94. The van der Waals surface area contributed by atoms with Crippen molar-refractivity contribution < 1.29 is 14.3 Å². The maximum absolute atomic E-state index is 12.9. The lowest BCUT2D eigenvalue weighted by atomic mass is 10.0. The second kappa shape index (κ2) is 9.68. The second-order valence-electron chi connectivity index (χ2n) is 8.11. The lowest BCUT2D eigenvalue weighted by Crippen LogP contribution is -2.37. The molecule has 0 saturated carbocycles. The first-order valence-corrected chi connectivity index (χ1v) is 10.8. The third-order valence-electron chi connectivity index (χ3n) is 5.80. The maximum atomic E-state index is 12.9. The van der Waals surface area contributed by atoms with E-state index in [-0.39, 0.29) is 11.8 Å². The van der Waals surface area contributed by atoms with E-state index in [2.05, 4.69) is 15.5 Å². The third-order valence-corrected chi connectivity index (χ3v) is 5.80. The molecule has 0 fully saturated rings. The molecule has 2 heterocycles.